The van der Waals surface area contributed by atoms with Crippen molar-refractivity contribution in [3.05, 3.63) is 29.8 Å². The molecule has 98 valence electrons. The highest BCUT2D eigenvalue weighted by molar-refractivity contribution is 5.96. The number of carbonyl (C=O) groups excluding carboxylic acids is 2. The van der Waals surface area contributed by atoms with E-state index in [-0.39, 0.29) is 17.7 Å². The van der Waals surface area contributed by atoms with Crippen LogP contribution in [0.5, 0.6) is 5.75 Å². The molecule has 0 aliphatic heterocycles. The molecule has 0 aliphatic rings. The number of benzene rings is 1. The van der Waals surface area contributed by atoms with Crippen molar-refractivity contribution in [2.75, 3.05) is 0 Å². The van der Waals surface area contributed by atoms with Crippen molar-refractivity contribution < 1.29 is 19.4 Å². The van der Waals surface area contributed by atoms with Crippen LogP contribution in [0.2, 0.25) is 0 Å². The minimum atomic E-state index is -0.671. The lowest BCUT2D eigenvalue weighted by Crippen LogP contribution is -2.12. The van der Waals surface area contributed by atoms with Crippen LogP contribution in [0.3, 0.4) is 0 Å². The third-order valence-electron chi connectivity index (χ3n) is 2.54. The van der Waals surface area contributed by atoms with E-state index in [1.807, 2.05) is 0 Å². The molecule has 0 heterocycles. The number of esters is 2. The first-order chi connectivity index (χ1) is 8.63. The van der Waals surface area contributed by atoms with Crippen LogP contribution in [0, 0.1) is 0 Å². The monoisotopic (exact) mass is 250 g/mol. The number of phenols is 1. The van der Waals surface area contributed by atoms with E-state index in [2.05, 4.69) is 6.92 Å². The van der Waals surface area contributed by atoms with E-state index in [1.54, 1.807) is 0 Å². The molecule has 0 saturated carbocycles. The van der Waals surface area contributed by atoms with Gasteiger partial charge in [0, 0.05) is 6.42 Å². The van der Waals surface area contributed by atoms with Gasteiger partial charge in [-0.3, -0.25) is 4.79 Å². The van der Waals surface area contributed by atoms with E-state index in [1.165, 1.54) is 24.3 Å². The Morgan fingerprint density at radius 2 is 1.78 bits per heavy atom. The molecule has 0 amide bonds. The smallest absolute Gasteiger partial charge is 0.345 e. The fourth-order valence-corrected chi connectivity index (χ4v) is 1.51. The zero-order valence-electron chi connectivity index (χ0n) is 10.5. The fraction of sp³-hybridized carbons (Fsp3) is 0.429. The summed E-state index contributed by atoms with van der Waals surface area (Å²) < 4.78 is 4.70. The van der Waals surface area contributed by atoms with Crippen LogP contribution in [0.4, 0.5) is 0 Å². The maximum atomic E-state index is 11.5. The number of carbonyl (C=O) groups is 2. The van der Waals surface area contributed by atoms with Gasteiger partial charge >= 0.3 is 11.9 Å². The van der Waals surface area contributed by atoms with E-state index in [4.69, 9.17) is 9.84 Å². The first-order valence-electron chi connectivity index (χ1n) is 6.17. The quantitative estimate of drug-likeness (QED) is 0.479. The van der Waals surface area contributed by atoms with Gasteiger partial charge in [0.2, 0.25) is 0 Å². The van der Waals surface area contributed by atoms with E-state index in [0.717, 1.165) is 25.7 Å². The average molecular weight is 250 g/mol. The second-order valence-electron chi connectivity index (χ2n) is 4.12. The molecule has 0 bridgehead atoms. The van der Waals surface area contributed by atoms with E-state index in [9.17, 15) is 9.59 Å². The highest BCUT2D eigenvalue weighted by Gasteiger charge is 2.12. The van der Waals surface area contributed by atoms with Crippen LogP contribution < -0.4 is 0 Å². The molecule has 0 atom stereocenters. The van der Waals surface area contributed by atoms with Crippen molar-refractivity contribution in [1.82, 2.24) is 0 Å². The average Bonchev–Trinajstić information content (AvgIpc) is 2.35. The predicted octanol–water partition coefficient (Wildman–Crippen LogP) is 3.05. The van der Waals surface area contributed by atoms with Gasteiger partial charge in [0.1, 0.15) is 5.75 Å². The maximum Gasteiger partial charge on any atom is 0.345 e. The van der Waals surface area contributed by atoms with Crippen molar-refractivity contribution in [2.24, 2.45) is 0 Å². The first-order valence-corrected chi connectivity index (χ1v) is 6.17. The SMILES string of the molecule is CCCCCCC(=O)OC(=O)c1ccc(O)cc1. The Hall–Kier alpha value is -1.84. The van der Waals surface area contributed by atoms with Crippen LogP contribution in [0.15, 0.2) is 24.3 Å². The molecule has 0 aliphatic carbocycles. The molecule has 0 aromatic heterocycles. The number of hydrogen-bond donors (Lipinski definition) is 1. The summed E-state index contributed by atoms with van der Waals surface area (Å²) in [6.07, 6.45) is 4.17. The van der Waals surface area contributed by atoms with E-state index >= 15 is 0 Å². The van der Waals surface area contributed by atoms with Crippen LogP contribution >= 0.6 is 0 Å². The lowest BCUT2D eigenvalue weighted by atomic mass is 10.1. The van der Waals surface area contributed by atoms with Gasteiger partial charge in [0.25, 0.3) is 0 Å². The zero-order chi connectivity index (χ0) is 13.4. The van der Waals surface area contributed by atoms with Crippen molar-refractivity contribution in [3.8, 4) is 5.75 Å². The van der Waals surface area contributed by atoms with E-state index < -0.39 is 11.9 Å². The van der Waals surface area contributed by atoms with Crippen LogP contribution in [0.1, 0.15) is 49.4 Å². The van der Waals surface area contributed by atoms with Gasteiger partial charge in [-0.15, -0.1) is 0 Å². The lowest BCUT2D eigenvalue weighted by Gasteiger charge is -2.03. The molecule has 0 radical (unpaired) electrons. The molecule has 18 heavy (non-hydrogen) atoms. The van der Waals surface area contributed by atoms with Crippen LogP contribution in [-0.4, -0.2) is 17.0 Å². The summed E-state index contributed by atoms with van der Waals surface area (Å²) >= 11 is 0. The first kappa shape index (κ1) is 14.2. The standard InChI is InChI=1S/C14H18O4/c1-2-3-4-5-6-13(16)18-14(17)11-7-9-12(15)10-8-11/h7-10,15H,2-6H2,1H3. The van der Waals surface area contributed by atoms with Crippen molar-refractivity contribution in [3.63, 3.8) is 0 Å². The summed E-state index contributed by atoms with van der Waals surface area (Å²) in [5.41, 5.74) is 0.259. The Bertz CT molecular complexity index is 395. The van der Waals surface area contributed by atoms with Crippen molar-refractivity contribution >= 4 is 11.9 Å². The molecule has 1 aromatic rings. The summed E-state index contributed by atoms with van der Waals surface area (Å²) in [6, 6.07) is 5.59. The Morgan fingerprint density at radius 1 is 1.11 bits per heavy atom. The molecule has 1 N–H and O–H groups in total. The summed E-state index contributed by atoms with van der Waals surface area (Å²) in [5, 5.41) is 9.07. The number of unbranched alkanes of at least 4 members (excludes halogenated alkanes) is 3. The lowest BCUT2D eigenvalue weighted by molar-refractivity contribution is -0.138. The highest BCUT2D eigenvalue weighted by Crippen LogP contribution is 2.11. The normalized spacial score (nSPS) is 10.1. The number of aromatic hydroxyl groups is 1. The molecular weight excluding hydrogens is 232 g/mol. The predicted molar refractivity (Wildman–Crippen MR) is 67.3 cm³/mol. The summed E-state index contributed by atoms with van der Waals surface area (Å²) in [5.74, 6) is -1.10. The second-order valence-corrected chi connectivity index (χ2v) is 4.12. The number of rotatable bonds is 6. The van der Waals surface area contributed by atoms with E-state index in [0.29, 0.717) is 0 Å². The molecule has 0 unspecified atom stereocenters. The third kappa shape index (κ3) is 4.99. The molecule has 4 nitrogen and oxygen atoms in total. The maximum absolute atomic E-state index is 11.5. The zero-order valence-corrected chi connectivity index (χ0v) is 10.5. The molecule has 1 aromatic carbocycles. The third-order valence-corrected chi connectivity index (χ3v) is 2.54. The topological polar surface area (TPSA) is 63.6 Å². The van der Waals surface area contributed by atoms with Gasteiger partial charge in [0.15, 0.2) is 0 Å². The van der Waals surface area contributed by atoms with Crippen LogP contribution in [-0.2, 0) is 9.53 Å². The molecule has 0 fully saturated rings. The fourth-order valence-electron chi connectivity index (χ4n) is 1.51. The van der Waals surface area contributed by atoms with Gasteiger partial charge in [-0.05, 0) is 30.7 Å². The number of ether oxygens (including phenoxy) is 1. The minimum Gasteiger partial charge on any atom is -0.508 e. The number of hydrogen-bond acceptors (Lipinski definition) is 4. The number of phenolic OH excluding ortho intramolecular Hbond substituents is 1. The van der Waals surface area contributed by atoms with Gasteiger partial charge in [0.05, 0.1) is 5.56 Å². The molecule has 1 rings (SSSR count). The Morgan fingerprint density at radius 3 is 2.39 bits per heavy atom. The summed E-state index contributed by atoms with van der Waals surface area (Å²) in [6.45, 7) is 2.09. The Labute approximate surface area is 107 Å². The van der Waals surface area contributed by atoms with Gasteiger partial charge < -0.3 is 9.84 Å². The summed E-state index contributed by atoms with van der Waals surface area (Å²) in [4.78, 5) is 22.9. The largest absolute Gasteiger partial charge is 0.508 e. The molecular formula is C14H18O4. The van der Waals surface area contributed by atoms with Gasteiger partial charge in [-0.1, -0.05) is 26.2 Å². The molecule has 0 saturated heterocycles. The molecule has 4 heteroatoms. The minimum absolute atomic E-state index is 0.0671. The summed E-state index contributed by atoms with van der Waals surface area (Å²) in [7, 11) is 0. The molecule has 0 spiro atoms. The van der Waals surface area contributed by atoms with Crippen LogP contribution in [0.25, 0.3) is 0 Å². The Balaban J connectivity index is 2.35. The van der Waals surface area contributed by atoms with Crippen molar-refractivity contribution in [2.45, 2.75) is 39.0 Å². The van der Waals surface area contributed by atoms with Gasteiger partial charge in [-0.2, -0.15) is 0 Å². The Kier molecular flexibility index (Phi) is 5.91. The highest BCUT2D eigenvalue weighted by atomic mass is 16.6. The van der Waals surface area contributed by atoms with Crippen molar-refractivity contribution in [1.29, 1.82) is 0 Å². The van der Waals surface area contributed by atoms with Gasteiger partial charge in [-0.25, -0.2) is 4.79 Å². The second kappa shape index (κ2) is 7.48.